The molecule has 0 heterocycles. The topological polar surface area (TPSA) is 0 Å². The highest BCUT2D eigenvalue weighted by molar-refractivity contribution is 9.10. The first kappa shape index (κ1) is 14.8. The van der Waals surface area contributed by atoms with Crippen molar-refractivity contribution in [1.29, 1.82) is 0 Å². The average Bonchev–Trinajstić information content (AvgIpc) is 2.37. The van der Waals surface area contributed by atoms with Gasteiger partial charge >= 0.3 is 0 Å². The van der Waals surface area contributed by atoms with Crippen molar-refractivity contribution < 1.29 is 0 Å². The molecule has 0 aromatic heterocycles. The van der Waals surface area contributed by atoms with Crippen molar-refractivity contribution in [3.8, 4) is 0 Å². The van der Waals surface area contributed by atoms with Gasteiger partial charge in [0.25, 0.3) is 0 Å². The summed E-state index contributed by atoms with van der Waals surface area (Å²) in [5, 5.41) is 0. The Kier molecular flexibility index (Phi) is 4.52. The average molecular weight is 382 g/mol. The van der Waals surface area contributed by atoms with Crippen LogP contribution in [0.15, 0.2) is 53.0 Å². The third kappa shape index (κ3) is 3.70. The van der Waals surface area contributed by atoms with Gasteiger partial charge in [0, 0.05) is 4.47 Å². The van der Waals surface area contributed by atoms with Gasteiger partial charge in [-0.15, -0.1) is 0 Å². The third-order valence-electron chi connectivity index (χ3n) is 3.21. The molecule has 0 radical (unpaired) electrons. The van der Waals surface area contributed by atoms with Crippen LogP contribution in [0.3, 0.4) is 0 Å². The van der Waals surface area contributed by atoms with E-state index >= 15 is 0 Å². The van der Waals surface area contributed by atoms with Gasteiger partial charge in [-0.05, 0) is 34.2 Å². The van der Waals surface area contributed by atoms with Gasteiger partial charge < -0.3 is 0 Å². The van der Waals surface area contributed by atoms with E-state index in [2.05, 4.69) is 95.1 Å². The Bertz CT molecular complexity index is 550. The maximum Gasteiger partial charge on any atom is 0.0645 e. The van der Waals surface area contributed by atoms with E-state index in [0.717, 1.165) is 4.47 Å². The van der Waals surface area contributed by atoms with Gasteiger partial charge in [0.05, 0.1) is 4.83 Å². The molecule has 19 heavy (non-hydrogen) atoms. The highest BCUT2D eigenvalue weighted by Crippen LogP contribution is 2.33. The molecule has 2 rings (SSSR count). The fourth-order valence-electron chi connectivity index (χ4n) is 2.01. The Hall–Kier alpha value is -0.600. The Morgan fingerprint density at radius 2 is 1.53 bits per heavy atom. The van der Waals surface area contributed by atoms with Crippen molar-refractivity contribution in [2.45, 2.75) is 31.0 Å². The van der Waals surface area contributed by atoms with E-state index in [4.69, 9.17) is 0 Å². The molecule has 0 bridgehead atoms. The van der Waals surface area contributed by atoms with E-state index in [1.165, 1.54) is 16.7 Å². The molecule has 1 atom stereocenters. The van der Waals surface area contributed by atoms with Crippen LogP contribution in [0, 0.1) is 0 Å². The Balaban J connectivity index is 2.27. The quantitative estimate of drug-likeness (QED) is 0.540. The largest absolute Gasteiger partial charge is 0.0786 e. The van der Waals surface area contributed by atoms with E-state index in [1.807, 2.05) is 6.07 Å². The number of benzene rings is 2. The highest BCUT2D eigenvalue weighted by Gasteiger charge is 2.15. The number of halogens is 2. The van der Waals surface area contributed by atoms with Crippen LogP contribution >= 0.6 is 31.9 Å². The second-order valence-electron chi connectivity index (χ2n) is 5.79. The fourth-order valence-corrected chi connectivity index (χ4v) is 3.02. The second-order valence-corrected chi connectivity index (χ2v) is 7.62. The van der Waals surface area contributed by atoms with Gasteiger partial charge in [-0.2, -0.15) is 0 Å². The lowest BCUT2D eigenvalue weighted by atomic mass is 9.86. The highest BCUT2D eigenvalue weighted by atomic mass is 79.9. The summed E-state index contributed by atoms with van der Waals surface area (Å²) in [6.07, 6.45) is 0. The van der Waals surface area contributed by atoms with Gasteiger partial charge in [-0.1, -0.05) is 89.0 Å². The van der Waals surface area contributed by atoms with Gasteiger partial charge in [-0.25, -0.2) is 0 Å². The SMILES string of the molecule is CC(C)(C)c1ccc(C(Br)c2cccc(Br)c2)cc1. The molecule has 0 N–H and O–H groups in total. The first-order valence-electron chi connectivity index (χ1n) is 6.38. The maximum atomic E-state index is 3.78. The lowest BCUT2D eigenvalue weighted by Gasteiger charge is -2.20. The van der Waals surface area contributed by atoms with Gasteiger partial charge in [-0.3, -0.25) is 0 Å². The molecule has 0 nitrogen and oxygen atoms in total. The maximum absolute atomic E-state index is 3.78. The minimum absolute atomic E-state index is 0.204. The third-order valence-corrected chi connectivity index (χ3v) is 4.76. The fraction of sp³-hybridized carbons (Fsp3) is 0.294. The monoisotopic (exact) mass is 380 g/mol. The van der Waals surface area contributed by atoms with Crippen LogP contribution in [0.2, 0.25) is 0 Å². The summed E-state index contributed by atoms with van der Waals surface area (Å²) in [7, 11) is 0. The summed E-state index contributed by atoms with van der Waals surface area (Å²) in [6, 6.07) is 17.3. The summed E-state index contributed by atoms with van der Waals surface area (Å²) in [4.78, 5) is 0.235. The standard InChI is InChI=1S/C17H18Br2/c1-17(2,3)14-9-7-12(8-10-14)16(19)13-5-4-6-15(18)11-13/h4-11,16H,1-3H3. The molecule has 2 heteroatoms. The minimum atomic E-state index is 0.204. The molecule has 2 aromatic carbocycles. The van der Waals surface area contributed by atoms with E-state index in [0.29, 0.717) is 0 Å². The van der Waals surface area contributed by atoms with Gasteiger partial charge in [0.15, 0.2) is 0 Å². The second kappa shape index (κ2) is 5.80. The molecule has 0 fully saturated rings. The van der Waals surface area contributed by atoms with Gasteiger partial charge in [0.1, 0.15) is 0 Å². The molecule has 0 aliphatic carbocycles. The summed E-state index contributed by atoms with van der Waals surface area (Å²) in [5.41, 5.74) is 4.12. The Morgan fingerprint density at radius 3 is 2.05 bits per heavy atom. The molecule has 0 aliphatic rings. The molecule has 0 amide bonds. The zero-order chi connectivity index (χ0) is 14.0. The van der Waals surface area contributed by atoms with Crippen molar-refractivity contribution >= 4 is 31.9 Å². The molecule has 100 valence electrons. The Labute approximate surface area is 132 Å². The zero-order valence-corrected chi connectivity index (χ0v) is 14.6. The first-order chi connectivity index (χ1) is 8.88. The molecular formula is C17H18Br2. The van der Waals surface area contributed by atoms with E-state index in [9.17, 15) is 0 Å². The normalized spacial score (nSPS) is 13.3. The van der Waals surface area contributed by atoms with Crippen LogP contribution in [-0.4, -0.2) is 0 Å². The summed E-state index contributed by atoms with van der Waals surface area (Å²) < 4.78 is 1.11. The lowest BCUT2D eigenvalue weighted by molar-refractivity contribution is 0.590. The van der Waals surface area contributed by atoms with Crippen LogP contribution < -0.4 is 0 Å². The molecule has 0 aliphatic heterocycles. The number of alkyl halides is 1. The predicted octanol–water partition coefficient (Wildman–Crippen LogP) is 6.23. The van der Waals surface area contributed by atoms with Crippen molar-refractivity contribution in [2.75, 3.05) is 0 Å². The number of hydrogen-bond donors (Lipinski definition) is 0. The van der Waals surface area contributed by atoms with Crippen molar-refractivity contribution in [3.63, 3.8) is 0 Å². The van der Waals surface area contributed by atoms with Gasteiger partial charge in [0.2, 0.25) is 0 Å². The zero-order valence-electron chi connectivity index (χ0n) is 11.5. The smallest absolute Gasteiger partial charge is 0.0645 e. The molecule has 2 aromatic rings. The molecule has 0 saturated carbocycles. The number of rotatable bonds is 2. The Morgan fingerprint density at radius 1 is 0.895 bits per heavy atom. The first-order valence-corrected chi connectivity index (χ1v) is 8.09. The van der Waals surface area contributed by atoms with E-state index < -0.39 is 0 Å². The predicted molar refractivity (Wildman–Crippen MR) is 90.1 cm³/mol. The molecule has 1 unspecified atom stereocenters. The van der Waals surface area contributed by atoms with E-state index in [-0.39, 0.29) is 10.2 Å². The van der Waals surface area contributed by atoms with Crippen LogP contribution in [-0.2, 0) is 5.41 Å². The minimum Gasteiger partial charge on any atom is -0.0786 e. The molecule has 0 spiro atoms. The molecule has 0 saturated heterocycles. The van der Waals surface area contributed by atoms with E-state index in [1.54, 1.807) is 0 Å². The van der Waals surface area contributed by atoms with Crippen molar-refractivity contribution in [2.24, 2.45) is 0 Å². The van der Waals surface area contributed by atoms with Crippen LogP contribution in [0.5, 0.6) is 0 Å². The van der Waals surface area contributed by atoms with Crippen LogP contribution in [0.1, 0.15) is 42.3 Å². The summed E-state index contributed by atoms with van der Waals surface area (Å²) in [5.74, 6) is 0. The van der Waals surface area contributed by atoms with Crippen molar-refractivity contribution in [3.05, 3.63) is 69.7 Å². The molecular weight excluding hydrogens is 364 g/mol. The van der Waals surface area contributed by atoms with Crippen LogP contribution in [0.25, 0.3) is 0 Å². The summed E-state index contributed by atoms with van der Waals surface area (Å²) >= 11 is 7.30. The lowest BCUT2D eigenvalue weighted by Crippen LogP contribution is -2.10. The summed E-state index contributed by atoms with van der Waals surface area (Å²) in [6.45, 7) is 6.71. The number of hydrogen-bond acceptors (Lipinski definition) is 0. The van der Waals surface area contributed by atoms with Crippen LogP contribution in [0.4, 0.5) is 0 Å². The van der Waals surface area contributed by atoms with Crippen molar-refractivity contribution in [1.82, 2.24) is 0 Å².